The molecule has 1 aliphatic rings. The molecule has 0 radical (unpaired) electrons. The van der Waals surface area contributed by atoms with Crippen LogP contribution in [0, 0.1) is 0 Å². The van der Waals surface area contributed by atoms with Crippen LogP contribution in [0.5, 0.6) is 0 Å². The van der Waals surface area contributed by atoms with Crippen molar-refractivity contribution in [3.8, 4) is 0 Å². The third-order valence-electron chi connectivity index (χ3n) is 5.95. The highest BCUT2D eigenvalue weighted by Crippen LogP contribution is 2.36. The number of aliphatic hydroxyl groups excluding tert-OH is 1. The van der Waals surface area contributed by atoms with Crippen LogP contribution in [0.3, 0.4) is 0 Å². The fourth-order valence-electron chi connectivity index (χ4n) is 4.63. The van der Waals surface area contributed by atoms with E-state index < -0.39 is 0 Å². The van der Waals surface area contributed by atoms with E-state index in [1.165, 1.54) is 50.7 Å². The van der Waals surface area contributed by atoms with Crippen molar-refractivity contribution >= 4 is 32.3 Å². The summed E-state index contributed by atoms with van der Waals surface area (Å²) in [4.78, 5) is 2.47. The van der Waals surface area contributed by atoms with E-state index in [0.29, 0.717) is 6.04 Å². The average molecular weight is 329 g/mol. The molecule has 0 bridgehead atoms. The van der Waals surface area contributed by atoms with Gasteiger partial charge in [0.2, 0.25) is 0 Å². The Kier molecular flexibility index (Phi) is 3.61. The minimum Gasteiger partial charge on any atom is -0.395 e. The van der Waals surface area contributed by atoms with Gasteiger partial charge in [-0.25, -0.2) is 0 Å². The second-order valence-electron chi connectivity index (χ2n) is 7.38. The summed E-state index contributed by atoms with van der Waals surface area (Å²) in [5, 5.41) is 17.8. The molecule has 1 fully saturated rings. The molecule has 1 atom stereocenters. The van der Waals surface area contributed by atoms with Crippen molar-refractivity contribution in [2.45, 2.75) is 31.8 Å². The highest BCUT2D eigenvalue weighted by Gasteiger charge is 2.22. The van der Waals surface area contributed by atoms with Gasteiger partial charge in [0.25, 0.3) is 0 Å². The minimum absolute atomic E-state index is 0.270. The summed E-state index contributed by atoms with van der Waals surface area (Å²) in [5.41, 5.74) is 1.38. The zero-order valence-corrected chi connectivity index (χ0v) is 14.4. The summed E-state index contributed by atoms with van der Waals surface area (Å²) >= 11 is 0. The molecule has 0 unspecified atom stereocenters. The molecule has 1 aliphatic heterocycles. The first kappa shape index (κ1) is 15.1. The Morgan fingerprint density at radius 3 is 2.36 bits per heavy atom. The lowest BCUT2D eigenvalue weighted by Gasteiger charge is -2.35. The summed E-state index contributed by atoms with van der Waals surface area (Å²) in [6.45, 7) is 2.29. The molecule has 0 amide bonds. The fraction of sp³-hybridized carbons (Fsp3) is 0.304. The normalized spacial score (nSPS) is 19.3. The molecule has 4 aromatic carbocycles. The molecule has 2 nitrogen and oxygen atoms in total. The van der Waals surface area contributed by atoms with Crippen molar-refractivity contribution in [3.05, 3.63) is 60.2 Å². The zero-order chi connectivity index (χ0) is 16.8. The monoisotopic (exact) mass is 329 g/mol. The summed E-state index contributed by atoms with van der Waals surface area (Å²) < 4.78 is 0. The van der Waals surface area contributed by atoms with Crippen molar-refractivity contribution in [1.82, 2.24) is 4.90 Å². The number of hydrogen-bond donors (Lipinski definition) is 1. The predicted octanol–water partition coefficient (Wildman–Crippen LogP) is 4.93. The molecule has 1 N–H and O–H groups in total. The van der Waals surface area contributed by atoms with Gasteiger partial charge in [0.1, 0.15) is 0 Å². The minimum atomic E-state index is 0.270. The van der Waals surface area contributed by atoms with Gasteiger partial charge in [-0.3, -0.25) is 4.90 Å². The second-order valence-corrected chi connectivity index (χ2v) is 7.38. The number of rotatable bonds is 3. The third-order valence-corrected chi connectivity index (χ3v) is 5.95. The summed E-state index contributed by atoms with van der Waals surface area (Å²) in [6, 6.07) is 20.4. The molecule has 4 aromatic rings. The van der Waals surface area contributed by atoms with E-state index in [1.54, 1.807) is 0 Å². The molecule has 0 aromatic heterocycles. The highest BCUT2D eigenvalue weighted by atomic mass is 16.3. The number of hydrogen-bond acceptors (Lipinski definition) is 2. The molecule has 2 heteroatoms. The number of likely N-dealkylation sites (tertiary alicyclic amines) is 1. The predicted molar refractivity (Wildman–Crippen MR) is 105 cm³/mol. The number of piperidine rings is 1. The van der Waals surface area contributed by atoms with E-state index in [1.807, 2.05) is 0 Å². The zero-order valence-electron chi connectivity index (χ0n) is 14.4. The molecule has 0 aliphatic carbocycles. The highest BCUT2D eigenvalue weighted by molar-refractivity contribution is 6.23. The van der Waals surface area contributed by atoms with Gasteiger partial charge in [0, 0.05) is 12.6 Å². The Morgan fingerprint density at radius 1 is 0.840 bits per heavy atom. The standard InChI is InChI=1S/C23H23NO/c25-15-20-6-1-2-13-24(20)14-19-10-9-18-8-7-16-4-3-5-17-11-12-21(19)23(18)22(16)17/h3-5,7-12,20,25H,1-2,6,13-15H2/t20-/m1/s1. The van der Waals surface area contributed by atoms with E-state index in [-0.39, 0.29) is 6.61 Å². The number of nitrogens with zero attached hydrogens (tertiary/aromatic N) is 1. The van der Waals surface area contributed by atoms with Crippen LogP contribution < -0.4 is 0 Å². The Hall–Kier alpha value is -2.16. The van der Waals surface area contributed by atoms with Gasteiger partial charge in [-0.15, -0.1) is 0 Å². The van der Waals surface area contributed by atoms with Crippen LogP contribution in [-0.2, 0) is 6.54 Å². The molecule has 5 rings (SSSR count). The van der Waals surface area contributed by atoms with Crippen molar-refractivity contribution in [2.75, 3.05) is 13.2 Å². The van der Waals surface area contributed by atoms with Gasteiger partial charge in [-0.2, -0.15) is 0 Å². The van der Waals surface area contributed by atoms with Gasteiger partial charge in [-0.1, -0.05) is 61.0 Å². The first-order valence-electron chi connectivity index (χ1n) is 9.35. The quantitative estimate of drug-likeness (QED) is 0.539. The Labute approximate surface area is 148 Å². The Balaban J connectivity index is 1.68. The van der Waals surface area contributed by atoms with Gasteiger partial charge in [0.05, 0.1) is 6.61 Å². The van der Waals surface area contributed by atoms with Gasteiger partial charge >= 0.3 is 0 Å². The van der Waals surface area contributed by atoms with E-state index in [4.69, 9.17) is 0 Å². The fourth-order valence-corrected chi connectivity index (χ4v) is 4.63. The van der Waals surface area contributed by atoms with Crippen LogP contribution in [0.1, 0.15) is 24.8 Å². The smallest absolute Gasteiger partial charge is 0.0586 e. The molecule has 1 heterocycles. The molecule has 0 spiro atoms. The summed E-state index contributed by atoms with van der Waals surface area (Å²) in [5.74, 6) is 0. The van der Waals surface area contributed by atoms with E-state index in [9.17, 15) is 5.11 Å². The van der Waals surface area contributed by atoms with Crippen LogP contribution in [0.4, 0.5) is 0 Å². The molecular formula is C23H23NO. The average Bonchev–Trinajstić information content (AvgIpc) is 2.67. The first-order chi connectivity index (χ1) is 12.3. The van der Waals surface area contributed by atoms with Gasteiger partial charge < -0.3 is 5.11 Å². The lowest BCUT2D eigenvalue weighted by molar-refractivity contribution is 0.0845. The largest absolute Gasteiger partial charge is 0.395 e. The summed E-state index contributed by atoms with van der Waals surface area (Å²) in [6.07, 6.45) is 3.59. The number of benzene rings is 4. The third kappa shape index (κ3) is 2.40. The van der Waals surface area contributed by atoms with Crippen LogP contribution in [0.25, 0.3) is 32.3 Å². The van der Waals surface area contributed by atoms with Crippen molar-refractivity contribution in [2.24, 2.45) is 0 Å². The van der Waals surface area contributed by atoms with Crippen molar-refractivity contribution in [1.29, 1.82) is 0 Å². The maximum atomic E-state index is 9.73. The molecular weight excluding hydrogens is 306 g/mol. The van der Waals surface area contributed by atoms with Gasteiger partial charge in [0.15, 0.2) is 0 Å². The molecule has 0 saturated carbocycles. The lowest BCUT2D eigenvalue weighted by atomic mass is 9.91. The Morgan fingerprint density at radius 2 is 1.56 bits per heavy atom. The van der Waals surface area contributed by atoms with E-state index >= 15 is 0 Å². The van der Waals surface area contributed by atoms with Gasteiger partial charge in [-0.05, 0) is 57.3 Å². The molecule has 1 saturated heterocycles. The number of aliphatic hydroxyl groups is 1. The topological polar surface area (TPSA) is 23.5 Å². The van der Waals surface area contributed by atoms with Crippen molar-refractivity contribution in [3.63, 3.8) is 0 Å². The van der Waals surface area contributed by atoms with Crippen LogP contribution in [0.15, 0.2) is 54.6 Å². The Bertz CT molecular complexity index is 1020. The SMILES string of the molecule is OC[C@H]1CCCCN1Cc1ccc2ccc3cccc4ccc1c2c34. The molecule has 126 valence electrons. The lowest BCUT2D eigenvalue weighted by Crippen LogP contribution is -2.41. The van der Waals surface area contributed by atoms with Crippen molar-refractivity contribution < 1.29 is 5.11 Å². The van der Waals surface area contributed by atoms with E-state index in [2.05, 4.69) is 59.5 Å². The van der Waals surface area contributed by atoms with E-state index in [0.717, 1.165) is 19.5 Å². The first-order valence-corrected chi connectivity index (χ1v) is 9.35. The molecule has 25 heavy (non-hydrogen) atoms. The van der Waals surface area contributed by atoms with Crippen LogP contribution in [-0.4, -0.2) is 29.2 Å². The van der Waals surface area contributed by atoms with Crippen LogP contribution >= 0.6 is 0 Å². The maximum Gasteiger partial charge on any atom is 0.0586 e. The second kappa shape index (κ2) is 5.98. The van der Waals surface area contributed by atoms with Crippen LogP contribution in [0.2, 0.25) is 0 Å². The summed E-state index contributed by atoms with van der Waals surface area (Å²) in [7, 11) is 0. The maximum absolute atomic E-state index is 9.73.